The van der Waals surface area contributed by atoms with Crippen molar-refractivity contribution < 1.29 is 4.79 Å². The van der Waals surface area contributed by atoms with Crippen molar-refractivity contribution in [2.75, 3.05) is 18.4 Å². The minimum absolute atomic E-state index is 0. The minimum atomic E-state index is 0. The molecule has 2 aromatic rings. The first-order valence-corrected chi connectivity index (χ1v) is 8.81. The van der Waals surface area contributed by atoms with Crippen molar-refractivity contribution in [1.82, 2.24) is 14.9 Å². The summed E-state index contributed by atoms with van der Waals surface area (Å²) in [5.74, 6) is 0.890. The number of rotatable bonds is 3. The van der Waals surface area contributed by atoms with E-state index in [0.717, 1.165) is 42.9 Å². The Morgan fingerprint density at radius 3 is 2.71 bits per heavy atom. The number of fused-ring (bicyclic) bond motifs is 1. The number of anilines is 1. The lowest BCUT2D eigenvalue weighted by atomic mass is 9.99. The molecule has 1 saturated carbocycles. The summed E-state index contributed by atoms with van der Waals surface area (Å²) in [6.45, 7) is 1.79. The van der Waals surface area contributed by atoms with Crippen molar-refractivity contribution in [3.05, 3.63) is 24.3 Å². The van der Waals surface area contributed by atoms with Crippen molar-refractivity contribution in [2.24, 2.45) is 5.92 Å². The van der Waals surface area contributed by atoms with Crippen LogP contribution in [0.3, 0.4) is 0 Å². The molecule has 1 aromatic heterocycles. The van der Waals surface area contributed by atoms with E-state index in [1.807, 2.05) is 18.2 Å². The second kappa shape index (κ2) is 7.53. The molecule has 130 valence electrons. The van der Waals surface area contributed by atoms with E-state index < -0.39 is 0 Å². The Hall–Kier alpha value is -1.59. The van der Waals surface area contributed by atoms with Crippen LogP contribution in [-0.4, -0.2) is 28.5 Å². The van der Waals surface area contributed by atoms with Crippen LogP contribution in [0.4, 0.5) is 5.95 Å². The predicted octanol–water partition coefficient (Wildman–Crippen LogP) is 3.51. The highest BCUT2D eigenvalue weighted by atomic mass is 35.5. The van der Waals surface area contributed by atoms with Crippen LogP contribution in [0, 0.1) is 5.92 Å². The van der Waals surface area contributed by atoms with Gasteiger partial charge in [-0.05, 0) is 44.4 Å². The predicted molar refractivity (Wildman–Crippen MR) is 98.7 cm³/mol. The zero-order valence-corrected chi connectivity index (χ0v) is 14.6. The molecule has 5 nitrogen and oxygen atoms in total. The van der Waals surface area contributed by atoms with Gasteiger partial charge in [0.15, 0.2) is 0 Å². The summed E-state index contributed by atoms with van der Waals surface area (Å²) in [7, 11) is 0. The van der Waals surface area contributed by atoms with E-state index in [1.54, 1.807) is 0 Å². The van der Waals surface area contributed by atoms with Crippen LogP contribution in [0.15, 0.2) is 24.3 Å². The third-order valence-corrected chi connectivity index (χ3v) is 5.19. The Kier molecular flexibility index (Phi) is 5.41. The molecule has 2 aliphatic rings. The molecule has 0 bridgehead atoms. The fourth-order valence-corrected chi connectivity index (χ4v) is 3.95. The number of benzene rings is 1. The van der Waals surface area contributed by atoms with Gasteiger partial charge in [-0.1, -0.05) is 25.0 Å². The molecule has 24 heavy (non-hydrogen) atoms. The maximum absolute atomic E-state index is 12.6. The maximum atomic E-state index is 12.6. The zero-order valence-electron chi connectivity index (χ0n) is 13.8. The van der Waals surface area contributed by atoms with Crippen LogP contribution in [0.2, 0.25) is 0 Å². The molecular weight excluding hydrogens is 324 g/mol. The van der Waals surface area contributed by atoms with Crippen molar-refractivity contribution in [3.63, 3.8) is 0 Å². The number of para-hydroxylation sites is 2. The van der Waals surface area contributed by atoms with E-state index in [0.29, 0.717) is 6.04 Å². The normalized spacial score (nSPS) is 21.6. The standard InChI is InChI=1S/C18H24N4O.ClH/c23-17(13-6-5-11-19-12-13)21-18-20-15-9-3-4-10-16(15)22(18)14-7-1-2-8-14;/h3-4,9-10,13-14,19H,1-2,5-8,11-12H2,(H,20,21,23);1H. The highest BCUT2D eigenvalue weighted by Crippen LogP contribution is 2.35. The lowest BCUT2D eigenvalue weighted by Crippen LogP contribution is -2.37. The number of imidazole rings is 1. The Labute approximate surface area is 148 Å². The largest absolute Gasteiger partial charge is 0.316 e. The van der Waals surface area contributed by atoms with E-state index in [9.17, 15) is 4.79 Å². The molecule has 2 heterocycles. The van der Waals surface area contributed by atoms with Gasteiger partial charge in [0.25, 0.3) is 0 Å². The quantitative estimate of drug-likeness (QED) is 0.892. The third-order valence-electron chi connectivity index (χ3n) is 5.19. The van der Waals surface area contributed by atoms with Crippen molar-refractivity contribution in [3.8, 4) is 0 Å². The summed E-state index contributed by atoms with van der Waals surface area (Å²) < 4.78 is 2.26. The minimum Gasteiger partial charge on any atom is -0.316 e. The van der Waals surface area contributed by atoms with Crippen molar-refractivity contribution >= 4 is 35.3 Å². The fraction of sp³-hybridized carbons (Fsp3) is 0.556. The summed E-state index contributed by atoms with van der Waals surface area (Å²) in [4.78, 5) is 17.3. The highest BCUT2D eigenvalue weighted by Gasteiger charge is 2.26. The molecule has 1 unspecified atom stereocenters. The number of nitrogens with zero attached hydrogens (tertiary/aromatic N) is 2. The summed E-state index contributed by atoms with van der Waals surface area (Å²) in [5.41, 5.74) is 2.10. The molecule has 1 aliphatic carbocycles. The molecule has 0 radical (unpaired) electrons. The topological polar surface area (TPSA) is 59.0 Å². The number of aromatic nitrogens is 2. The average molecular weight is 349 g/mol. The summed E-state index contributed by atoms with van der Waals surface area (Å²) in [5, 5.41) is 6.43. The molecule has 0 spiro atoms. The number of carbonyl (C=O) groups excluding carboxylic acids is 1. The molecule has 1 amide bonds. The van der Waals surface area contributed by atoms with E-state index in [-0.39, 0.29) is 24.2 Å². The number of halogens is 1. The number of hydrogen-bond acceptors (Lipinski definition) is 3. The first kappa shape index (κ1) is 17.2. The van der Waals surface area contributed by atoms with E-state index in [2.05, 4.69) is 21.3 Å². The lowest BCUT2D eigenvalue weighted by molar-refractivity contribution is -0.120. The van der Waals surface area contributed by atoms with Gasteiger partial charge in [0.1, 0.15) is 0 Å². The maximum Gasteiger partial charge on any atom is 0.231 e. The number of amides is 1. The van der Waals surface area contributed by atoms with Crippen LogP contribution in [0.25, 0.3) is 11.0 Å². The smallest absolute Gasteiger partial charge is 0.231 e. The third kappa shape index (κ3) is 3.28. The van der Waals surface area contributed by atoms with Gasteiger partial charge < -0.3 is 9.88 Å². The van der Waals surface area contributed by atoms with Crippen molar-refractivity contribution in [1.29, 1.82) is 0 Å². The molecule has 1 saturated heterocycles. The van der Waals surface area contributed by atoms with E-state index in [1.165, 1.54) is 25.7 Å². The zero-order chi connectivity index (χ0) is 15.6. The van der Waals surface area contributed by atoms with Crippen LogP contribution < -0.4 is 10.6 Å². The SMILES string of the molecule is Cl.O=C(Nc1nc2ccccc2n1C1CCCC1)C1CCCNC1. The number of nitrogens with one attached hydrogen (secondary N) is 2. The second-order valence-corrected chi connectivity index (χ2v) is 6.76. The van der Waals surface area contributed by atoms with Crippen LogP contribution in [0.1, 0.15) is 44.6 Å². The van der Waals surface area contributed by atoms with Gasteiger partial charge in [-0.25, -0.2) is 4.98 Å². The Morgan fingerprint density at radius 1 is 1.17 bits per heavy atom. The van der Waals surface area contributed by atoms with Crippen molar-refractivity contribution in [2.45, 2.75) is 44.6 Å². The molecule has 4 rings (SSSR count). The monoisotopic (exact) mass is 348 g/mol. The van der Waals surface area contributed by atoms with Gasteiger partial charge in [-0.2, -0.15) is 0 Å². The lowest BCUT2D eigenvalue weighted by Gasteiger charge is -2.23. The first-order valence-electron chi connectivity index (χ1n) is 8.81. The van der Waals surface area contributed by atoms with E-state index >= 15 is 0 Å². The Morgan fingerprint density at radius 2 is 1.96 bits per heavy atom. The van der Waals surface area contributed by atoms with Crippen LogP contribution in [0.5, 0.6) is 0 Å². The fourth-order valence-electron chi connectivity index (χ4n) is 3.95. The first-order chi connectivity index (χ1) is 11.3. The molecule has 1 aliphatic heterocycles. The summed E-state index contributed by atoms with van der Waals surface area (Å²) in [6, 6.07) is 8.65. The molecular formula is C18H25ClN4O. The number of piperidine rings is 1. The average Bonchev–Trinajstić information content (AvgIpc) is 3.22. The van der Waals surface area contributed by atoms with Gasteiger partial charge >= 0.3 is 0 Å². The Bertz CT molecular complexity index is 702. The Balaban J connectivity index is 0.00000169. The van der Waals surface area contributed by atoms with Gasteiger partial charge in [-0.3, -0.25) is 10.1 Å². The molecule has 1 atom stereocenters. The summed E-state index contributed by atoms with van der Waals surface area (Å²) in [6.07, 6.45) is 6.90. The molecule has 2 fully saturated rings. The summed E-state index contributed by atoms with van der Waals surface area (Å²) >= 11 is 0. The van der Waals surface area contributed by atoms with Crippen LogP contribution in [-0.2, 0) is 4.79 Å². The molecule has 2 N–H and O–H groups in total. The van der Waals surface area contributed by atoms with Gasteiger partial charge in [0.05, 0.1) is 17.0 Å². The van der Waals surface area contributed by atoms with Gasteiger partial charge in [0, 0.05) is 12.6 Å². The molecule has 1 aromatic carbocycles. The number of hydrogen-bond donors (Lipinski definition) is 2. The van der Waals surface area contributed by atoms with Gasteiger partial charge in [-0.15, -0.1) is 12.4 Å². The molecule has 6 heteroatoms. The van der Waals surface area contributed by atoms with Crippen LogP contribution >= 0.6 is 12.4 Å². The van der Waals surface area contributed by atoms with Gasteiger partial charge in [0.2, 0.25) is 11.9 Å². The van der Waals surface area contributed by atoms with E-state index in [4.69, 9.17) is 4.98 Å². The highest BCUT2D eigenvalue weighted by molar-refractivity contribution is 5.93. The second-order valence-electron chi connectivity index (χ2n) is 6.76. The number of carbonyl (C=O) groups is 1.